The van der Waals surface area contributed by atoms with Gasteiger partial charge in [-0.15, -0.1) is 0 Å². The predicted octanol–water partition coefficient (Wildman–Crippen LogP) is 1.50. The van der Waals surface area contributed by atoms with Crippen molar-refractivity contribution in [3.63, 3.8) is 0 Å². The summed E-state index contributed by atoms with van der Waals surface area (Å²) in [6, 6.07) is 9.01. The number of benzene rings is 1. The molecular formula is C20H26N4O5S. The molecule has 0 saturated carbocycles. The molecule has 10 heteroatoms. The third-order valence-corrected chi connectivity index (χ3v) is 6.66. The third kappa shape index (κ3) is 5.33. The topological polar surface area (TPSA) is 109 Å². The lowest BCUT2D eigenvalue weighted by Crippen LogP contribution is -2.33. The minimum atomic E-state index is -3.75. The Hall–Kier alpha value is -2.98. The molecular weight excluding hydrogens is 408 g/mol. The van der Waals surface area contributed by atoms with Crippen LogP contribution in [0.5, 0.6) is 0 Å². The van der Waals surface area contributed by atoms with Crippen molar-refractivity contribution in [2.45, 2.75) is 32.2 Å². The average molecular weight is 435 g/mol. The number of carbonyl (C=O) groups is 2. The number of aromatic nitrogens is 1. The molecule has 1 heterocycles. The van der Waals surface area contributed by atoms with Gasteiger partial charge < -0.3 is 14.8 Å². The van der Waals surface area contributed by atoms with E-state index < -0.39 is 21.5 Å². The number of carbonyl (C=O) groups excluding carboxylic acids is 2. The minimum absolute atomic E-state index is 0.0461. The molecule has 0 aliphatic carbocycles. The smallest absolute Gasteiger partial charge is 0.251 e. The van der Waals surface area contributed by atoms with Crippen LogP contribution in [0.3, 0.4) is 0 Å². The Morgan fingerprint density at radius 2 is 1.63 bits per heavy atom. The number of hydrogen-bond donors (Lipinski definition) is 1. The number of nitrogens with zero attached hydrogens (tertiary/aromatic N) is 3. The van der Waals surface area contributed by atoms with Gasteiger partial charge in [0.25, 0.3) is 5.56 Å². The molecule has 162 valence electrons. The first-order chi connectivity index (χ1) is 14.1. The molecule has 1 N–H and O–H groups in total. The first kappa shape index (κ1) is 23.3. The number of nitrogens with one attached hydrogen (secondary N) is 1. The van der Waals surface area contributed by atoms with Gasteiger partial charge in [0.15, 0.2) is 0 Å². The fourth-order valence-electron chi connectivity index (χ4n) is 2.80. The van der Waals surface area contributed by atoms with Crippen LogP contribution in [0.25, 0.3) is 0 Å². The monoisotopic (exact) mass is 434 g/mol. The number of anilines is 2. The maximum absolute atomic E-state index is 12.7. The molecule has 1 aromatic heterocycles. The number of hydrogen-bond acceptors (Lipinski definition) is 5. The molecule has 0 aliphatic heterocycles. The SMILES string of the molecule is CCN(CC)S(=O)(=O)c1ccc(=O)n(CC(=O)Nc2ccc(N(C)C(C)=O)cc2)c1. The standard InChI is InChI=1S/C20H26N4O5S/c1-5-24(6-2)30(28,29)18-11-12-20(27)23(13-18)14-19(26)21-16-7-9-17(10-8-16)22(4)15(3)25/h7-13H,5-6,14H2,1-4H3,(H,21,26). The van der Waals surface area contributed by atoms with Crippen LogP contribution in [0, 0.1) is 0 Å². The van der Waals surface area contributed by atoms with Gasteiger partial charge in [0.1, 0.15) is 6.54 Å². The number of pyridine rings is 1. The molecule has 2 rings (SSSR count). The van der Waals surface area contributed by atoms with Crippen molar-refractivity contribution in [3.05, 3.63) is 52.9 Å². The summed E-state index contributed by atoms with van der Waals surface area (Å²) in [7, 11) is -2.10. The Morgan fingerprint density at radius 1 is 1.03 bits per heavy atom. The Labute approximate surface area is 176 Å². The highest BCUT2D eigenvalue weighted by molar-refractivity contribution is 7.89. The van der Waals surface area contributed by atoms with Gasteiger partial charge in [-0.3, -0.25) is 14.4 Å². The summed E-state index contributed by atoms with van der Waals surface area (Å²) in [5.74, 6) is -0.604. The van der Waals surface area contributed by atoms with Gasteiger partial charge in [0.05, 0.1) is 4.90 Å². The van der Waals surface area contributed by atoms with Gasteiger partial charge >= 0.3 is 0 Å². The molecule has 0 bridgehead atoms. The highest BCUT2D eigenvalue weighted by Gasteiger charge is 2.22. The van der Waals surface area contributed by atoms with Crippen LogP contribution < -0.4 is 15.8 Å². The molecule has 0 atom stereocenters. The summed E-state index contributed by atoms with van der Waals surface area (Å²) in [5.41, 5.74) is 0.675. The Morgan fingerprint density at radius 3 is 2.17 bits per heavy atom. The summed E-state index contributed by atoms with van der Waals surface area (Å²) in [6.45, 7) is 5.16. The normalized spacial score (nSPS) is 11.4. The molecule has 0 saturated heterocycles. The summed E-state index contributed by atoms with van der Waals surface area (Å²) >= 11 is 0. The highest BCUT2D eigenvalue weighted by atomic mass is 32.2. The van der Waals surface area contributed by atoms with E-state index in [1.54, 1.807) is 45.2 Å². The lowest BCUT2D eigenvalue weighted by molar-refractivity contribution is -0.117. The van der Waals surface area contributed by atoms with Gasteiger partial charge in [-0.25, -0.2) is 8.42 Å². The molecule has 2 amide bonds. The molecule has 2 aromatic rings. The molecule has 0 aliphatic rings. The second-order valence-electron chi connectivity index (χ2n) is 6.59. The van der Waals surface area contributed by atoms with E-state index in [-0.39, 0.29) is 17.3 Å². The van der Waals surface area contributed by atoms with Gasteiger partial charge in [-0.2, -0.15) is 4.31 Å². The van der Waals surface area contributed by atoms with Gasteiger partial charge in [-0.05, 0) is 30.3 Å². The fourth-order valence-corrected chi connectivity index (χ4v) is 4.28. The van der Waals surface area contributed by atoms with Crippen LogP contribution in [-0.4, -0.2) is 49.2 Å². The van der Waals surface area contributed by atoms with Gasteiger partial charge in [0, 0.05) is 50.7 Å². The summed E-state index contributed by atoms with van der Waals surface area (Å²) in [5, 5.41) is 2.65. The van der Waals surface area contributed by atoms with E-state index in [4.69, 9.17) is 0 Å². The second-order valence-corrected chi connectivity index (χ2v) is 8.53. The second kappa shape index (κ2) is 9.68. The van der Waals surface area contributed by atoms with Crippen molar-refractivity contribution in [3.8, 4) is 0 Å². The van der Waals surface area contributed by atoms with E-state index in [1.807, 2.05) is 0 Å². The first-order valence-corrected chi connectivity index (χ1v) is 10.9. The zero-order valence-corrected chi connectivity index (χ0v) is 18.3. The predicted molar refractivity (Wildman–Crippen MR) is 115 cm³/mol. The van der Waals surface area contributed by atoms with E-state index in [2.05, 4.69) is 5.32 Å². The zero-order valence-electron chi connectivity index (χ0n) is 17.5. The van der Waals surface area contributed by atoms with Crippen LogP contribution in [0.1, 0.15) is 20.8 Å². The quantitative estimate of drug-likeness (QED) is 0.677. The van der Waals surface area contributed by atoms with Crippen LogP contribution >= 0.6 is 0 Å². The van der Waals surface area contributed by atoms with Crippen molar-refractivity contribution < 1.29 is 18.0 Å². The third-order valence-electron chi connectivity index (χ3n) is 4.62. The Balaban J connectivity index is 2.17. The van der Waals surface area contributed by atoms with Crippen LogP contribution in [0.4, 0.5) is 11.4 Å². The molecule has 30 heavy (non-hydrogen) atoms. The van der Waals surface area contributed by atoms with Gasteiger partial charge in [-0.1, -0.05) is 13.8 Å². The number of amides is 2. The summed E-state index contributed by atoms with van der Waals surface area (Å²) in [4.78, 5) is 37.3. The number of sulfonamides is 1. The summed E-state index contributed by atoms with van der Waals surface area (Å²) < 4.78 is 27.6. The van der Waals surface area contributed by atoms with Crippen molar-refractivity contribution in [2.75, 3.05) is 30.4 Å². The average Bonchev–Trinajstić information content (AvgIpc) is 2.70. The molecule has 0 radical (unpaired) electrons. The van der Waals surface area contributed by atoms with E-state index in [0.717, 1.165) is 10.6 Å². The lowest BCUT2D eigenvalue weighted by Gasteiger charge is -2.19. The number of rotatable bonds is 8. The minimum Gasteiger partial charge on any atom is -0.325 e. The van der Waals surface area contributed by atoms with Gasteiger partial charge in [0.2, 0.25) is 21.8 Å². The largest absolute Gasteiger partial charge is 0.325 e. The van der Waals surface area contributed by atoms with Crippen LogP contribution in [0.15, 0.2) is 52.3 Å². The molecule has 1 aromatic carbocycles. The first-order valence-electron chi connectivity index (χ1n) is 9.45. The Bertz CT molecular complexity index is 1070. The van der Waals surface area contributed by atoms with Crippen molar-refractivity contribution in [1.82, 2.24) is 8.87 Å². The maximum Gasteiger partial charge on any atom is 0.251 e. The van der Waals surface area contributed by atoms with E-state index >= 15 is 0 Å². The van der Waals surface area contributed by atoms with Crippen molar-refractivity contribution in [2.24, 2.45) is 0 Å². The highest BCUT2D eigenvalue weighted by Crippen LogP contribution is 2.17. The van der Waals surface area contributed by atoms with Crippen molar-refractivity contribution >= 4 is 33.2 Å². The molecule has 0 fully saturated rings. The van der Waals surface area contributed by atoms with Crippen LogP contribution in [-0.2, 0) is 26.2 Å². The Kier molecular flexibility index (Phi) is 7.52. The fraction of sp³-hybridized carbons (Fsp3) is 0.350. The lowest BCUT2D eigenvalue weighted by atomic mass is 10.2. The van der Waals surface area contributed by atoms with E-state index in [1.165, 1.54) is 28.4 Å². The molecule has 9 nitrogen and oxygen atoms in total. The zero-order chi connectivity index (χ0) is 22.5. The summed E-state index contributed by atoms with van der Waals surface area (Å²) in [6.07, 6.45) is 1.18. The molecule has 0 spiro atoms. The molecule has 0 unspecified atom stereocenters. The van der Waals surface area contributed by atoms with E-state index in [0.29, 0.717) is 24.5 Å². The van der Waals surface area contributed by atoms with Crippen LogP contribution in [0.2, 0.25) is 0 Å². The maximum atomic E-state index is 12.7. The van der Waals surface area contributed by atoms with E-state index in [9.17, 15) is 22.8 Å². The van der Waals surface area contributed by atoms with Crippen molar-refractivity contribution in [1.29, 1.82) is 0 Å².